The molecule has 1 aromatic rings. The third kappa shape index (κ3) is 3.97. The Balaban J connectivity index is 2.59. The van der Waals surface area contributed by atoms with E-state index in [0.29, 0.717) is 18.7 Å². The van der Waals surface area contributed by atoms with Crippen molar-refractivity contribution in [2.45, 2.75) is 6.10 Å². The molecule has 0 saturated carbocycles. The number of carbonyl (C=O) groups is 1. The number of ether oxygens (including phenoxy) is 2. The maximum absolute atomic E-state index is 11.8. The smallest absolute Gasteiger partial charge is 0.251 e. The van der Waals surface area contributed by atoms with Crippen LogP contribution in [0.5, 0.6) is 0 Å². The molecule has 6 heteroatoms. The molecule has 1 atom stereocenters. The largest absolute Gasteiger partial charge is 0.382 e. The summed E-state index contributed by atoms with van der Waals surface area (Å²) in [5.74, 6) is -0.300. The van der Waals surface area contributed by atoms with Gasteiger partial charge in [0.1, 0.15) is 0 Å². The second kappa shape index (κ2) is 6.93. The Labute approximate surface area is 106 Å². The van der Waals surface area contributed by atoms with Crippen LogP contribution in [0.3, 0.4) is 0 Å². The van der Waals surface area contributed by atoms with Crippen LogP contribution >= 0.6 is 0 Å². The zero-order valence-electron chi connectivity index (χ0n) is 10.8. The number of amides is 1. The first kappa shape index (κ1) is 14.4. The number of nitrogens with zero attached hydrogens (tertiary/aromatic N) is 1. The average molecular weight is 254 g/mol. The van der Waals surface area contributed by atoms with Gasteiger partial charge < -0.3 is 19.4 Å². The monoisotopic (exact) mass is 254 g/mol. The molecule has 100 valence electrons. The van der Waals surface area contributed by atoms with E-state index in [-0.39, 0.29) is 17.6 Å². The first-order valence-electron chi connectivity index (χ1n) is 5.55. The molecule has 0 radical (unpaired) electrons. The van der Waals surface area contributed by atoms with Crippen LogP contribution in [0.25, 0.3) is 0 Å². The van der Waals surface area contributed by atoms with E-state index in [9.17, 15) is 9.59 Å². The standard InChI is InChI=1S/C12H18N2O4/c1-14-5-4-9(6-11(14)15)12(16)13-7-10(18-3)8-17-2/h4-6,10H,7-8H2,1-3H3,(H,13,16). The summed E-state index contributed by atoms with van der Waals surface area (Å²) in [5.41, 5.74) is 0.119. The van der Waals surface area contributed by atoms with Gasteiger partial charge >= 0.3 is 0 Å². The number of hydrogen-bond donors (Lipinski definition) is 1. The van der Waals surface area contributed by atoms with Crippen LogP contribution in [0.2, 0.25) is 0 Å². The van der Waals surface area contributed by atoms with Gasteiger partial charge in [0, 0.05) is 45.6 Å². The lowest BCUT2D eigenvalue weighted by Crippen LogP contribution is -2.36. The van der Waals surface area contributed by atoms with Gasteiger partial charge in [0.05, 0.1) is 12.7 Å². The van der Waals surface area contributed by atoms with Crippen molar-refractivity contribution in [2.24, 2.45) is 7.05 Å². The van der Waals surface area contributed by atoms with E-state index >= 15 is 0 Å². The average Bonchev–Trinajstić information content (AvgIpc) is 2.37. The Morgan fingerprint density at radius 1 is 1.50 bits per heavy atom. The molecule has 0 aliphatic carbocycles. The lowest BCUT2D eigenvalue weighted by molar-refractivity contribution is 0.0285. The Morgan fingerprint density at radius 3 is 2.78 bits per heavy atom. The van der Waals surface area contributed by atoms with Crippen molar-refractivity contribution in [2.75, 3.05) is 27.4 Å². The number of pyridine rings is 1. The third-order valence-corrected chi connectivity index (χ3v) is 2.54. The van der Waals surface area contributed by atoms with Crippen LogP contribution in [0.1, 0.15) is 10.4 Å². The summed E-state index contributed by atoms with van der Waals surface area (Å²) in [6.45, 7) is 0.728. The maximum atomic E-state index is 11.8. The number of aryl methyl sites for hydroxylation is 1. The van der Waals surface area contributed by atoms with E-state index in [4.69, 9.17) is 9.47 Å². The second-order valence-electron chi connectivity index (χ2n) is 3.89. The van der Waals surface area contributed by atoms with Crippen LogP contribution < -0.4 is 10.9 Å². The maximum Gasteiger partial charge on any atom is 0.251 e. The minimum absolute atomic E-state index is 0.203. The molecule has 1 N–H and O–H groups in total. The van der Waals surface area contributed by atoms with Gasteiger partial charge in [-0.05, 0) is 6.07 Å². The molecular weight excluding hydrogens is 236 g/mol. The number of carbonyl (C=O) groups excluding carboxylic acids is 1. The number of hydrogen-bond acceptors (Lipinski definition) is 4. The van der Waals surface area contributed by atoms with E-state index in [1.807, 2.05) is 0 Å². The fraction of sp³-hybridized carbons (Fsp3) is 0.500. The number of rotatable bonds is 6. The fourth-order valence-electron chi connectivity index (χ4n) is 1.39. The normalized spacial score (nSPS) is 12.2. The molecule has 0 aliphatic heterocycles. The summed E-state index contributed by atoms with van der Waals surface area (Å²) < 4.78 is 11.5. The molecule has 1 rings (SSSR count). The number of aromatic nitrogens is 1. The predicted molar refractivity (Wildman–Crippen MR) is 66.7 cm³/mol. The summed E-state index contributed by atoms with van der Waals surface area (Å²) in [5, 5.41) is 2.69. The first-order chi connectivity index (χ1) is 8.58. The zero-order valence-corrected chi connectivity index (χ0v) is 10.8. The minimum atomic E-state index is -0.300. The van der Waals surface area contributed by atoms with Gasteiger partial charge in [0.2, 0.25) is 0 Å². The summed E-state index contributed by atoms with van der Waals surface area (Å²) in [6, 6.07) is 2.89. The Bertz CT molecular complexity index is 456. The van der Waals surface area contributed by atoms with E-state index in [1.54, 1.807) is 33.5 Å². The van der Waals surface area contributed by atoms with Crippen molar-refractivity contribution in [3.8, 4) is 0 Å². The Morgan fingerprint density at radius 2 is 2.22 bits per heavy atom. The molecule has 6 nitrogen and oxygen atoms in total. The van der Waals surface area contributed by atoms with Crippen molar-refractivity contribution in [1.29, 1.82) is 0 Å². The highest BCUT2D eigenvalue weighted by Crippen LogP contribution is 1.95. The second-order valence-corrected chi connectivity index (χ2v) is 3.89. The number of nitrogens with one attached hydrogen (secondary N) is 1. The van der Waals surface area contributed by atoms with Crippen LogP contribution in [-0.2, 0) is 16.5 Å². The summed E-state index contributed by atoms with van der Waals surface area (Å²) in [7, 11) is 4.74. The highest BCUT2D eigenvalue weighted by Gasteiger charge is 2.11. The molecule has 0 spiro atoms. The van der Waals surface area contributed by atoms with Crippen molar-refractivity contribution >= 4 is 5.91 Å². The van der Waals surface area contributed by atoms with E-state index < -0.39 is 0 Å². The van der Waals surface area contributed by atoms with Gasteiger partial charge in [-0.2, -0.15) is 0 Å². The van der Waals surface area contributed by atoms with Gasteiger partial charge in [-0.25, -0.2) is 0 Å². The topological polar surface area (TPSA) is 69.6 Å². The quantitative estimate of drug-likeness (QED) is 0.761. The van der Waals surface area contributed by atoms with E-state index in [0.717, 1.165) is 0 Å². The fourth-order valence-corrected chi connectivity index (χ4v) is 1.39. The van der Waals surface area contributed by atoms with Crippen LogP contribution in [0, 0.1) is 0 Å². The molecule has 1 unspecified atom stereocenters. The third-order valence-electron chi connectivity index (χ3n) is 2.54. The molecule has 1 aromatic heterocycles. The number of methoxy groups -OCH3 is 2. The lowest BCUT2D eigenvalue weighted by Gasteiger charge is -2.14. The van der Waals surface area contributed by atoms with Gasteiger partial charge in [0.25, 0.3) is 11.5 Å². The molecule has 0 fully saturated rings. The Hall–Kier alpha value is -1.66. The highest BCUT2D eigenvalue weighted by atomic mass is 16.5. The molecule has 1 amide bonds. The van der Waals surface area contributed by atoms with Crippen LogP contribution in [0.15, 0.2) is 23.1 Å². The first-order valence-corrected chi connectivity index (χ1v) is 5.55. The van der Waals surface area contributed by atoms with Gasteiger partial charge in [-0.3, -0.25) is 9.59 Å². The van der Waals surface area contributed by atoms with Gasteiger partial charge in [0.15, 0.2) is 0 Å². The van der Waals surface area contributed by atoms with Gasteiger partial charge in [-0.15, -0.1) is 0 Å². The van der Waals surface area contributed by atoms with Crippen LogP contribution in [-0.4, -0.2) is 43.9 Å². The molecule has 0 aliphatic rings. The van der Waals surface area contributed by atoms with Crippen molar-refractivity contribution in [1.82, 2.24) is 9.88 Å². The molecular formula is C12H18N2O4. The SMILES string of the molecule is COCC(CNC(=O)c1ccn(C)c(=O)c1)OC. The summed E-state index contributed by atoms with van der Waals surface area (Å²) in [6.07, 6.45) is 1.35. The molecule has 18 heavy (non-hydrogen) atoms. The van der Waals surface area contributed by atoms with Crippen molar-refractivity contribution < 1.29 is 14.3 Å². The highest BCUT2D eigenvalue weighted by molar-refractivity contribution is 5.93. The summed E-state index contributed by atoms with van der Waals surface area (Å²) in [4.78, 5) is 23.2. The lowest BCUT2D eigenvalue weighted by atomic mass is 10.2. The van der Waals surface area contributed by atoms with Crippen molar-refractivity contribution in [3.63, 3.8) is 0 Å². The van der Waals surface area contributed by atoms with Gasteiger partial charge in [-0.1, -0.05) is 0 Å². The van der Waals surface area contributed by atoms with Crippen molar-refractivity contribution in [3.05, 3.63) is 34.2 Å². The zero-order chi connectivity index (χ0) is 13.5. The predicted octanol–water partition coefficient (Wildman–Crippen LogP) is -0.223. The van der Waals surface area contributed by atoms with E-state index in [1.165, 1.54) is 10.6 Å². The Kier molecular flexibility index (Phi) is 5.54. The van der Waals surface area contributed by atoms with Crippen LogP contribution in [0.4, 0.5) is 0 Å². The molecule has 0 aromatic carbocycles. The molecule has 1 heterocycles. The molecule has 0 saturated heterocycles. The summed E-state index contributed by atoms with van der Waals surface area (Å²) >= 11 is 0. The minimum Gasteiger partial charge on any atom is -0.382 e. The van der Waals surface area contributed by atoms with E-state index in [2.05, 4.69) is 5.32 Å². The molecule has 0 bridgehead atoms.